The van der Waals surface area contributed by atoms with Gasteiger partial charge in [0.2, 0.25) is 5.91 Å². The highest BCUT2D eigenvalue weighted by Gasteiger charge is 2.12. The van der Waals surface area contributed by atoms with Crippen LogP contribution in [0.15, 0.2) is 35.3 Å². The summed E-state index contributed by atoms with van der Waals surface area (Å²) in [6.45, 7) is 7.61. The minimum absolute atomic E-state index is 0.0630. The minimum atomic E-state index is 0.0630. The first-order valence-electron chi connectivity index (χ1n) is 7.35. The SMILES string of the molecule is CCN(Cc1ccccc1)C(=O)CNC(=NC)NC(C)C. The van der Waals surface area contributed by atoms with Crippen molar-refractivity contribution in [3.8, 4) is 0 Å². The largest absolute Gasteiger partial charge is 0.354 e. The molecule has 0 saturated heterocycles. The van der Waals surface area contributed by atoms with Crippen LogP contribution in [0, 0.1) is 0 Å². The van der Waals surface area contributed by atoms with Gasteiger partial charge in [-0.1, -0.05) is 30.3 Å². The minimum Gasteiger partial charge on any atom is -0.354 e. The monoisotopic (exact) mass is 290 g/mol. The summed E-state index contributed by atoms with van der Waals surface area (Å²) in [7, 11) is 1.70. The molecule has 0 saturated carbocycles. The summed E-state index contributed by atoms with van der Waals surface area (Å²) < 4.78 is 0. The summed E-state index contributed by atoms with van der Waals surface area (Å²) >= 11 is 0. The van der Waals surface area contributed by atoms with Crippen molar-refractivity contribution in [2.75, 3.05) is 20.1 Å². The zero-order valence-electron chi connectivity index (χ0n) is 13.4. The number of amides is 1. The van der Waals surface area contributed by atoms with Crippen LogP contribution < -0.4 is 10.6 Å². The van der Waals surface area contributed by atoms with Crippen LogP contribution in [0.3, 0.4) is 0 Å². The Morgan fingerprint density at radius 2 is 1.95 bits per heavy atom. The van der Waals surface area contributed by atoms with Gasteiger partial charge < -0.3 is 15.5 Å². The number of carbonyl (C=O) groups excluding carboxylic acids is 1. The maximum atomic E-state index is 12.3. The first kappa shape index (κ1) is 17.0. The number of nitrogens with one attached hydrogen (secondary N) is 2. The number of likely N-dealkylation sites (N-methyl/N-ethyl adjacent to an activating group) is 1. The third kappa shape index (κ3) is 6.29. The normalized spacial score (nSPS) is 11.4. The van der Waals surface area contributed by atoms with E-state index in [0.29, 0.717) is 19.0 Å². The molecular formula is C16H26N4O. The molecule has 21 heavy (non-hydrogen) atoms. The Kier molecular flexibility index (Phi) is 7.29. The van der Waals surface area contributed by atoms with Gasteiger partial charge in [-0.15, -0.1) is 0 Å². The molecule has 0 atom stereocenters. The Bertz CT molecular complexity index is 457. The maximum absolute atomic E-state index is 12.3. The summed E-state index contributed by atoms with van der Waals surface area (Å²) in [4.78, 5) is 18.2. The average molecular weight is 290 g/mol. The summed E-state index contributed by atoms with van der Waals surface area (Å²) in [5.74, 6) is 0.710. The molecule has 0 aliphatic heterocycles. The van der Waals surface area contributed by atoms with Crippen LogP contribution in [0.4, 0.5) is 0 Å². The molecule has 1 rings (SSSR count). The van der Waals surface area contributed by atoms with Crippen LogP contribution in [0.1, 0.15) is 26.3 Å². The topological polar surface area (TPSA) is 56.7 Å². The van der Waals surface area contributed by atoms with Crippen molar-refractivity contribution >= 4 is 11.9 Å². The van der Waals surface area contributed by atoms with Crippen molar-refractivity contribution < 1.29 is 4.79 Å². The Hall–Kier alpha value is -2.04. The van der Waals surface area contributed by atoms with Crippen LogP contribution in [0.2, 0.25) is 0 Å². The number of rotatable bonds is 6. The summed E-state index contributed by atoms with van der Waals surface area (Å²) in [5, 5.41) is 6.21. The Morgan fingerprint density at radius 3 is 2.48 bits per heavy atom. The summed E-state index contributed by atoms with van der Waals surface area (Å²) in [6.07, 6.45) is 0. The van der Waals surface area contributed by atoms with Crippen LogP contribution in [-0.4, -0.2) is 42.9 Å². The van der Waals surface area contributed by atoms with Crippen molar-refractivity contribution in [3.05, 3.63) is 35.9 Å². The van der Waals surface area contributed by atoms with E-state index in [-0.39, 0.29) is 18.5 Å². The zero-order chi connectivity index (χ0) is 15.7. The Balaban J connectivity index is 2.52. The van der Waals surface area contributed by atoms with E-state index in [4.69, 9.17) is 0 Å². The van der Waals surface area contributed by atoms with E-state index < -0.39 is 0 Å². The lowest BCUT2D eigenvalue weighted by Crippen LogP contribution is -2.46. The van der Waals surface area contributed by atoms with E-state index in [1.165, 1.54) is 0 Å². The standard InChI is InChI=1S/C16H26N4O/c1-5-20(12-14-9-7-6-8-10-14)15(21)11-18-16(17-4)19-13(2)3/h6-10,13H,5,11-12H2,1-4H3,(H2,17,18,19). The van der Waals surface area contributed by atoms with Crippen LogP contribution in [-0.2, 0) is 11.3 Å². The molecule has 0 radical (unpaired) electrons. The first-order chi connectivity index (χ1) is 10.1. The highest BCUT2D eigenvalue weighted by Crippen LogP contribution is 2.04. The second-order valence-corrected chi connectivity index (χ2v) is 5.12. The molecule has 0 spiro atoms. The maximum Gasteiger partial charge on any atom is 0.242 e. The van der Waals surface area contributed by atoms with E-state index in [1.807, 2.05) is 56.0 Å². The third-order valence-electron chi connectivity index (χ3n) is 3.01. The predicted octanol–water partition coefficient (Wildman–Crippen LogP) is 1.61. The zero-order valence-corrected chi connectivity index (χ0v) is 13.4. The van der Waals surface area contributed by atoms with Crippen LogP contribution in [0.5, 0.6) is 0 Å². The molecule has 0 heterocycles. The van der Waals surface area contributed by atoms with Gasteiger partial charge in [0, 0.05) is 26.2 Å². The lowest BCUT2D eigenvalue weighted by atomic mass is 10.2. The average Bonchev–Trinajstić information content (AvgIpc) is 2.49. The fraction of sp³-hybridized carbons (Fsp3) is 0.500. The van der Waals surface area contributed by atoms with Crippen molar-refractivity contribution in [2.24, 2.45) is 4.99 Å². The van der Waals surface area contributed by atoms with E-state index in [9.17, 15) is 4.79 Å². The van der Waals surface area contributed by atoms with Gasteiger partial charge in [0.1, 0.15) is 0 Å². The molecule has 0 unspecified atom stereocenters. The van der Waals surface area contributed by atoms with Crippen LogP contribution >= 0.6 is 0 Å². The molecular weight excluding hydrogens is 264 g/mol. The molecule has 0 aliphatic carbocycles. The van der Waals surface area contributed by atoms with Gasteiger partial charge in [0.25, 0.3) is 0 Å². The molecule has 1 aromatic carbocycles. The number of hydrogen-bond donors (Lipinski definition) is 2. The first-order valence-corrected chi connectivity index (χ1v) is 7.35. The Morgan fingerprint density at radius 1 is 1.29 bits per heavy atom. The van der Waals surface area contributed by atoms with Crippen molar-refractivity contribution in [2.45, 2.75) is 33.4 Å². The fourth-order valence-corrected chi connectivity index (χ4v) is 1.92. The quantitative estimate of drug-likeness (QED) is 0.618. The fourth-order valence-electron chi connectivity index (χ4n) is 1.92. The number of benzene rings is 1. The van der Waals surface area contributed by atoms with Crippen molar-refractivity contribution in [3.63, 3.8) is 0 Å². The third-order valence-corrected chi connectivity index (χ3v) is 3.01. The second kappa shape index (κ2) is 9.00. The van der Waals surface area contributed by atoms with E-state index in [1.54, 1.807) is 7.05 Å². The van der Waals surface area contributed by atoms with Crippen LogP contribution in [0.25, 0.3) is 0 Å². The molecule has 116 valence electrons. The number of hydrogen-bond acceptors (Lipinski definition) is 2. The molecule has 1 amide bonds. The van der Waals surface area contributed by atoms with E-state index in [2.05, 4.69) is 15.6 Å². The molecule has 5 heteroatoms. The van der Waals surface area contributed by atoms with E-state index >= 15 is 0 Å². The van der Waals surface area contributed by atoms with Gasteiger partial charge in [-0.2, -0.15) is 0 Å². The molecule has 5 nitrogen and oxygen atoms in total. The number of guanidine groups is 1. The van der Waals surface area contributed by atoms with Gasteiger partial charge in [-0.3, -0.25) is 9.79 Å². The summed E-state index contributed by atoms with van der Waals surface area (Å²) in [6, 6.07) is 10.3. The van der Waals surface area contributed by atoms with Gasteiger partial charge in [-0.25, -0.2) is 0 Å². The van der Waals surface area contributed by atoms with Crippen molar-refractivity contribution in [1.29, 1.82) is 0 Å². The smallest absolute Gasteiger partial charge is 0.242 e. The van der Waals surface area contributed by atoms with E-state index in [0.717, 1.165) is 5.56 Å². The highest BCUT2D eigenvalue weighted by molar-refractivity contribution is 5.86. The second-order valence-electron chi connectivity index (χ2n) is 5.12. The lowest BCUT2D eigenvalue weighted by molar-refractivity contribution is -0.130. The Labute approximate surface area is 127 Å². The number of aliphatic imine (C=N–C) groups is 1. The number of nitrogens with zero attached hydrogens (tertiary/aromatic N) is 2. The molecule has 0 fully saturated rings. The van der Waals surface area contributed by atoms with Gasteiger partial charge in [0.15, 0.2) is 5.96 Å². The molecule has 0 bridgehead atoms. The van der Waals surface area contributed by atoms with Gasteiger partial charge >= 0.3 is 0 Å². The highest BCUT2D eigenvalue weighted by atomic mass is 16.2. The molecule has 0 aliphatic rings. The van der Waals surface area contributed by atoms with Gasteiger partial charge in [-0.05, 0) is 26.3 Å². The number of carbonyl (C=O) groups is 1. The lowest BCUT2D eigenvalue weighted by Gasteiger charge is -2.22. The van der Waals surface area contributed by atoms with Crippen molar-refractivity contribution in [1.82, 2.24) is 15.5 Å². The molecule has 0 aromatic heterocycles. The summed E-state index contributed by atoms with van der Waals surface area (Å²) in [5.41, 5.74) is 1.14. The molecule has 1 aromatic rings. The van der Waals surface area contributed by atoms with Gasteiger partial charge in [0.05, 0.1) is 6.54 Å². The predicted molar refractivity (Wildman–Crippen MR) is 87.2 cm³/mol. The molecule has 2 N–H and O–H groups in total.